The second-order valence-electron chi connectivity index (χ2n) is 2.84. The summed E-state index contributed by atoms with van der Waals surface area (Å²) in [7, 11) is 0. The topological polar surface area (TPSA) is 6.48 Å². The second kappa shape index (κ2) is 5.01. The molecule has 0 bridgehead atoms. The van der Waals surface area contributed by atoms with Gasteiger partial charge in [0.15, 0.2) is 0 Å². The molecule has 3 heteroatoms. The highest BCUT2D eigenvalue weighted by atomic mass is 32.2. The van der Waals surface area contributed by atoms with Crippen LogP contribution in [0.15, 0.2) is 0 Å². The first-order valence-corrected chi connectivity index (χ1v) is 5.41. The first-order valence-electron chi connectivity index (χ1n) is 4.47. The molecule has 0 spiro atoms. The highest BCUT2D eigenvalue weighted by Gasteiger charge is 2.13. The molecular formula is C8H18N2S. The summed E-state index contributed by atoms with van der Waals surface area (Å²) in [6.07, 6.45) is 1.40. The third-order valence-electron chi connectivity index (χ3n) is 2.08. The Morgan fingerprint density at radius 2 is 1.91 bits per heavy atom. The number of nitrogens with zero attached hydrogens (tertiary/aromatic N) is 2. The summed E-state index contributed by atoms with van der Waals surface area (Å²) >= 11 is 1.96. The van der Waals surface area contributed by atoms with Gasteiger partial charge in [-0.3, -0.25) is 9.21 Å². The molecule has 66 valence electrons. The van der Waals surface area contributed by atoms with Crippen LogP contribution in [0.1, 0.15) is 20.3 Å². The smallest absolute Gasteiger partial charge is 0.0592 e. The maximum Gasteiger partial charge on any atom is 0.0592 e. The van der Waals surface area contributed by atoms with Gasteiger partial charge < -0.3 is 0 Å². The highest BCUT2D eigenvalue weighted by molar-refractivity contribution is 7.96. The Kier molecular flexibility index (Phi) is 4.26. The Labute approximate surface area is 74.1 Å². The van der Waals surface area contributed by atoms with Gasteiger partial charge in [0.25, 0.3) is 0 Å². The molecule has 1 fully saturated rings. The van der Waals surface area contributed by atoms with Crippen molar-refractivity contribution in [3.8, 4) is 0 Å². The van der Waals surface area contributed by atoms with Crippen LogP contribution in [0.3, 0.4) is 0 Å². The number of rotatable bonds is 5. The van der Waals surface area contributed by atoms with Gasteiger partial charge in [-0.1, -0.05) is 25.8 Å². The molecule has 0 aromatic rings. The second-order valence-corrected chi connectivity index (χ2v) is 3.88. The van der Waals surface area contributed by atoms with Gasteiger partial charge in [0.05, 0.1) is 5.88 Å². The van der Waals surface area contributed by atoms with Crippen molar-refractivity contribution in [3.05, 3.63) is 0 Å². The molecule has 0 radical (unpaired) electrons. The zero-order valence-corrected chi connectivity index (χ0v) is 8.36. The Morgan fingerprint density at radius 3 is 2.27 bits per heavy atom. The molecule has 1 rings (SSSR count). The maximum absolute atomic E-state index is 2.49. The lowest BCUT2D eigenvalue weighted by Gasteiger charge is -2.31. The third kappa shape index (κ3) is 3.01. The van der Waals surface area contributed by atoms with Gasteiger partial charge in [0.1, 0.15) is 0 Å². The van der Waals surface area contributed by atoms with Gasteiger partial charge >= 0.3 is 0 Å². The van der Waals surface area contributed by atoms with E-state index < -0.39 is 0 Å². The fourth-order valence-corrected chi connectivity index (χ4v) is 2.03. The lowest BCUT2D eigenvalue weighted by atomic mass is 10.2. The van der Waals surface area contributed by atoms with E-state index in [9.17, 15) is 0 Å². The van der Waals surface area contributed by atoms with Crippen molar-refractivity contribution >= 4 is 11.9 Å². The van der Waals surface area contributed by atoms with E-state index in [4.69, 9.17) is 0 Å². The van der Waals surface area contributed by atoms with E-state index in [1.54, 1.807) is 0 Å². The quantitative estimate of drug-likeness (QED) is 0.585. The largest absolute Gasteiger partial charge is 0.293 e. The minimum absolute atomic E-state index is 1.16. The van der Waals surface area contributed by atoms with E-state index in [-0.39, 0.29) is 0 Å². The maximum atomic E-state index is 2.49. The summed E-state index contributed by atoms with van der Waals surface area (Å²) in [5.41, 5.74) is 0. The van der Waals surface area contributed by atoms with Crippen LogP contribution in [0.4, 0.5) is 0 Å². The predicted octanol–water partition coefficient (Wildman–Crippen LogP) is 1.64. The summed E-state index contributed by atoms with van der Waals surface area (Å²) in [5.74, 6) is 1.20. The van der Waals surface area contributed by atoms with Crippen LogP contribution in [-0.4, -0.2) is 41.3 Å². The molecule has 0 unspecified atom stereocenters. The van der Waals surface area contributed by atoms with E-state index in [2.05, 4.69) is 23.1 Å². The standard InChI is InChI=1S/C8H18N2S/c1-3-10(4-2)11-8-9-6-5-7-9/h3-8H2,1-2H3. The fourth-order valence-electron chi connectivity index (χ4n) is 1.08. The first kappa shape index (κ1) is 9.36. The first-order chi connectivity index (χ1) is 5.36. The lowest BCUT2D eigenvalue weighted by Crippen LogP contribution is -2.37. The third-order valence-corrected chi connectivity index (χ3v) is 3.44. The molecule has 0 N–H and O–H groups in total. The van der Waals surface area contributed by atoms with E-state index in [0.717, 1.165) is 13.1 Å². The van der Waals surface area contributed by atoms with Crippen LogP contribution < -0.4 is 0 Å². The van der Waals surface area contributed by atoms with E-state index >= 15 is 0 Å². The molecule has 1 saturated heterocycles. The zero-order chi connectivity index (χ0) is 8.10. The average Bonchev–Trinajstić information content (AvgIpc) is 1.95. The molecular weight excluding hydrogens is 156 g/mol. The van der Waals surface area contributed by atoms with Gasteiger partial charge in [0, 0.05) is 26.2 Å². The van der Waals surface area contributed by atoms with Crippen LogP contribution >= 0.6 is 11.9 Å². The number of likely N-dealkylation sites (tertiary alicyclic amines) is 1. The van der Waals surface area contributed by atoms with Gasteiger partial charge in [-0.05, 0) is 6.42 Å². The molecule has 1 aliphatic rings. The molecule has 0 aromatic carbocycles. The van der Waals surface area contributed by atoms with E-state index in [0.29, 0.717) is 0 Å². The Morgan fingerprint density at radius 1 is 1.27 bits per heavy atom. The van der Waals surface area contributed by atoms with Gasteiger partial charge in [0.2, 0.25) is 0 Å². The summed E-state index contributed by atoms with van der Waals surface area (Å²) in [6.45, 7) is 9.38. The van der Waals surface area contributed by atoms with E-state index in [1.807, 2.05) is 11.9 Å². The van der Waals surface area contributed by atoms with Crippen LogP contribution in [0.5, 0.6) is 0 Å². The molecule has 0 aromatic heterocycles. The Balaban J connectivity index is 1.99. The molecule has 11 heavy (non-hydrogen) atoms. The normalized spacial score (nSPS) is 18.8. The molecule has 0 amide bonds. The Hall–Kier alpha value is 0.270. The SMILES string of the molecule is CCN(CC)SCN1CCC1. The fraction of sp³-hybridized carbons (Fsp3) is 1.00. The molecule has 0 atom stereocenters. The molecule has 2 nitrogen and oxygen atoms in total. The number of hydrogen-bond donors (Lipinski definition) is 0. The monoisotopic (exact) mass is 174 g/mol. The minimum atomic E-state index is 1.16. The predicted molar refractivity (Wildman–Crippen MR) is 51.6 cm³/mol. The zero-order valence-electron chi connectivity index (χ0n) is 7.55. The van der Waals surface area contributed by atoms with Crippen molar-refractivity contribution in [2.45, 2.75) is 20.3 Å². The van der Waals surface area contributed by atoms with Gasteiger partial charge in [-0.2, -0.15) is 0 Å². The summed E-state index contributed by atoms with van der Waals surface area (Å²) < 4.78 is 2.40. The molecule has 0 saturated carbocycles. The van der Waals surface area contributed by atoms with Gasteiger partial charge in [-0.15, -0.1) is 0 Å². The van der Waals surface area contributed by atoms with Crippen molar-refractivity contribution in [3.63, 3.8) is 0 Å². The van der Waals surface area contributed by atoms with Crippen molar-refractivity contribution in [2.24, 2.45) is 0 Å². The molecule has 0 aliphatic carbocycles. The number of hydrogen-bond acceptors (Lipinski definition) is 3. The van der Waals surface area contributed by atoms with E-state index in [1.165, 1.54) is 25.4 Å². The summed E-state index contributed by atoms with van der Waals surface area (Å²) in [4.78, 5) is 2.49. The van der Waals surface area contributed by atoms with Crippen molar-refractivity contribution in [1.82, 2.24) is 9.21 Å². The minimum Gasteiger partial charge on any atom is -0.293 e. The summed E-state index contributed by atoms with van der Waals surface area (Å²) in [6, 6.07) is 0. The highest BCUT2D eigenvalue weighted by Crippen LogP contribution is 2.15. The van der Waals surface area contributed by atoms with Crippen LogP contribution in [0.2, 0.25) is 0 Å². The van der Waals surface area contributed by atoms with Gasteiger partial charge in [-0.25, -0.2) is 0 Å². The average molecular weight is 174 g/mol. The lowest BCUT2D eigenvalue weighted by molar-refractivity contribution is 0.216. The molecule has 1 aliphatic heterocycles. The van der Waals surface area contributed by atoms with Crippen LogP contribution in [0, 0.1) is 0 Å². The molecule has 1 heterocycles. The van der Waals surface area contributed by atoms with Crippen molar-refractivity contribution in [2.75, 3.05) is 32.1 Å². The van der Waals surface area contributed by atoms with Crippen LogP contribution in [0.25, 0.3) is 0 Å². The summed E-state index contributed by atoms with van der Waals surface area (Å²) in [5, 5.41) is 0. The van der Waals surface area contributed by atoms with Crippen LogP contribution in [-0.2, 0) is 0 Å². The Bertz CT molecular complexity index is 100. The van der Waals surface area contributed by atoms with Crippen molar-refractivity contribution in [1.29, 1.82) is 0 Å². The van der Waals surface area contributed by atoms with Crippen molar-refractivity contribution < 1.29 is 0 Å².